The molecule has 0 amide bonds. The van der Waals surface area contributed by atoms with Gasteiger partial charge in [0.1, 0.15) is 11.5 Å². The maximum atomic E-state index is 11.2. The van der Waals surface area contributed by atoms with E-state index in [4.69, 9.17) is 10.5 Å². The molecule has 1 heterocycles. The third kappa shape index (κ3) is 4.82. The summed E-state index contributed by atoms with van der Waals surface area (Å²) >= 11 is 0. The molecule has 3 N–H and O–H groups in total. The first kappa shape index (κ1) is 19.7. The Balaban J connectivity index is 2.00. The standard InChI is InChI=1S/C22H27N3O3/c1-22(2,3)14-15(9-12-20(26)27)25-19-13-17(10-11-18(19)24-21(25)23)28-16-7-5-4-6-8-16/h4-8,10-11,13,15H,9,12,14H2,1-3H3,(H2,23,24)(H,26,27)/t15-/m0/s1. The number of hydrogen-bond acceptors (Lipinski definition) is 4. The normalized spacial score (nSPS) is 12.8. The number of benzene rings is 2. The van der Waals surface area contributed by atoms with Crippen LogP contribution < -0.4 is 10.5 Å². The average Bonchev–Trinajstić information content (AvgIpc) is 2.94. The number of rotatable bonds is 7. The molecule has 0 unspecified atom stereocenters. The molecular weight excluding hydrogens is 354 g/mol. The molecule has 3 aromatic rings. The predicted octanol–water partition coefficient (Wildman–Crippen LogP) is 5.25. The molecule has 6 nitrogen and oxygen atoms in total. The number of nitrogen functional groups attached to an aromatic ring is 1. The molecular formula is C22H27N3O3. The van der Waals surface area contributed by atoms with Gasteiger partial charge in [-0.05, 0) is 42.5 Å². The monoisotopic (exact) mass is 381 g/mol. The molecule has 0 aliphatic carbocycles. The van der Waals surface area contributed by atoms with Gasteiger partial charge >= 0.3 is 5.97 Å². The lowest BCUT2D eigenvalue weighted by Gasteiger charge is -2.28. The van der Waals surface area contributed by atoms with Crippen molar-refractivity contribution < 1.29 is 14.6 Å². The van der Waals surface area contributed by atoms with Crippen molar-refractivity contribution in [3.05, 3.63) is 48.5 Å². The van der Waals surface area contributed by atoms with Crippen LogP contribution in [0.15, 0.2) is 48.5 Å². The number of carbonyl (C=O) groups is 1. The lowest BCUT2D eigenvalue weighted by atomic mass is 9.86. The first-order valence-corrected chi connectivity index (χ1v) is 9.45. The maximum Gasteiger partial charge on any atom is 0.303 e. The lowest BCUT2D eigenvalue weighted by molar-refractivity contribution is -0.137. The fraction of sp³-hybridized carbons (Fsp3) is 0.364. The molecule has 28 heavy (non-hydrogen) atoms. The number of nitrogens with zero attached hydrogens (tertiary/aromatic N) is 2. The number of anilines is 1. The number of fused-ring (bicyclic) bond motifs is 1. The molecule has 0 saturated heterocycles. The summed E-state index contributed by atoms with van der Waals surface area (Å²) in [6, 6.07) is 15.2. The van der Waals surface area contributed by atoms with Gasteiger partial charge in [-0.3, -0.25) is 4.79 Å². The van der Waals surface area contributed by atoms with E-state index in [1.54, 1.807) is 0 Å². The molecule has 3 rings (SSSR count). The van der Waals surface area contributed by atoms with E-state index in [0.29, 0.717) is 18.1 Å². The van der Waals surface area contributed by atoms with Crippen LogP contribution in [0.5, 0.6) is 11.5 Å². The molecule has 0 aliphatic heterocycles. The fourth-order valence-corrected chi connectivity index (χ4v) is 3.48. The zero-order valence-electron chi connectivity index (χ0n) is 16.6. The van der Waals surface area contributed by atoms with E-state index in [1.807, 2.05) is 53.1 Å². The molecule has 0 fully saturated rings. The first-order chi connectivity index (χ1) is 13.2. The number of aliphatic carboxylic acids is 1. The van der Waals surface area contributed by atoms with Crippen molar-refractivity contribution in [3.63, 3.8) is 0 Å². The van der Waals surface area contributed by atoms with Gasteiger partial charge < -0.3 is 20.1 Å². The molecule has 0 bridgehead atoms. The fourth-order valence-electron chi connectivity index (χ4n) is 3.48. The van der Waals surface area contributed by atoms with Gasteiger partial charge in [-0.1, -0.05) is 39.0 Å². The summed E-state index contributed by atoms with van der Waals surface area (Å²) in [5.41, 5.74) is 7.89. The maximum absolute atomic E-state index is 11.2. The van der Waals surface area contributed by atoms with Crippen LogP contribution in [-0.4, -0.2) is 20.6 Å². The summed E-state index contributed by atoms with van der Waals surface area (Å²) < 4.78 is 7.91. The van der Waals surface area contributed by atoms with Gasteiger partial charge in [0.05, 0.1) is 11.0 Å². The van der Waals surface area contributed by atoms with E-state index in [2.05, 4.69) is 25.8 Å². The van der Waals surface area contributed by atoms with E-state index in [-0.39, 0.29) is 17.9 Å². The molecule has 1 aromatic heterocycles. The quantitative estimate of drug-likeness (QED) is 0.583. The summed E-state index contributed by atoms with van der Waals surface area (Å²) in [5.74, 6) is 1.02. The van der Waals surface area contributed by atoms with Crippen LogP contribution >= 0.6 is 0 Å². The molecule has 2 aromatic carbocycles. The second-order valence-corrected chi connectivity index (χ2v) is 8.26. The molecule has 1 atom stereocenters. The summed E-state index contributed by atoms with van der Waals surface area (Å²) in [7, 11) is 0. The van der Waals surface area contributed by atoms with Crippen LogP contribution in [0.3, 0.4) is 0 Å². The van der Waals surface area contributed by atoms with Crippen molar-refractivity contribution in [2.75, 3.05) is 5.73 Å². The van der Waals surface area contributed by atoms with Crippen LogP contribution in [0.1, 0.15) is 46.1 Å². The van der Waals surface area contributed by atoms with Crippen molar-refractivity contribution in [3.8, 4) is 11.5 Å². The third-order valence-electron chi connectivity index (χ3n) is 4.57. The Bertz CT molecular complexity index is 958. The number of para-hydroxylation sites is 1. The Kier molecular flexibility index (Phi) is 5.58. The van der Waals surface area contributed by atoms with Gasteiger partial charge in [-0.15, -0.1) is 0 Å². The minimum atomic E-state index is -0.810. The summed E-state index contributed by atoms with van der Waals surface area (Å²) in [5, 5.41) is 9.17. The minimum Gasteiger partial charge on any atom is -0.481 e. The summed E-state index contributed by atoms with van der Waals surface area (Å²) in [6.07, 6.45) is 1.37. The molecule has 6 heteroatoms. The molecule has 0 saturated carbocycles. The molecule has 0 spiro atoms. The molecule has 0 radical (unpaired) electrons. The lowest BCUT2D eigenvalue weighted by Crippen LogP contribution is -2.20. The van der Waals surface area contributed by atoms with Gasteiger partial charge in [0, 0.05) is 18.5 Å². The van der Waals surface area contributed by atoms with E-state index in [1.165, 1.54) is 0 Å². The van der Waals surface area contributed by atoms with Gasteiger partial charge in [-0.25, -0.2) is 4.98 Å². The summed E-state index contributed by atoms with van der Waals surface area (Å²) in [6.45, 7) is 6.42. The van der Waals surface area contributed by atoms with Crippen molar-refractivity contribution in [1.82, 2.24) is 9.55 Å². The Morgan fingerprint density at radius 2 is 1.89 bits per heavy atom. The third-order valence-corrected chi connectivity index (χ3v) is 4.57. The van der Waals surface area contributed by atoms with Crippen LogP contribution in [-0.2, 0) is 4.79 Å². The van der Waals surface area contributed by atoms with Crippen LogP contribution in [0, 0.1) is 5.41 Å². The Labute approximate surface area is 165 Å². The Morgan fingerprint density at radius 1 is 1.18 bits per heavy atom. The van der Waals surface area contributed by atoms with Gasteiger partial charge in [0.2, 0.25) is 5.95 Å². The second-order valence-electron chi connectivity index (χ2n) is 8.26. The summed E-state index contributed by atoms with van der Waals surface area (Å²) in [4.78, 5) is 15.6. The highest BCUT2D eigenvalue weighted by molar-refractivity contribution is 5.80. The first-order valence-electron chi connectivity index (χ1n) is 9.45. The van der Waals surface area contributed by atoms with Crippen molar-refractivity contribution >= 4 is 23.0 Å². The van der Waals surface area contributed by atoms with Gasteiger partial charge in [0.25, 0.3) is 0 Å². The molecule has 148 valence electrons. The van der Waals surface area contributed by atoms with E-state index in [9.17, 15) is 9.90 Å². The average molecular weight is 381 g/mol. The number of imidazole rings is 1. The minimum absolute atomic E-state index is 0.0182. The smallest absolute Gasteiger partial charge is 0.303 e. The Morgan fingerprint density at radius 3 is 2.54 bits per heavy atom. The van der Waals surface area contributed by atoms with Crippen molar-refractivity contribution in [2.45, 2.75) is 46.1 Å². The SMILES string of the molecule is CC(C)(C)C[C@H](CCC(=O)O)n1c(N)nc2ccc(Oc3ccccc3)cc21. The van der Waals surface area contributed by atoms with Gasteiger partial charge in [0.15, 0.2) is 0 Å². The van der Waals surface area contributed by atoms with Crippen molar-refractivity contribution in [1.29, 1.82) is 0 Å². The van der Waals surface area contributed by atoms with Gasteiger partial charge in [-0.2, -0.15) is 0 Å². The largest absolute Gasteiger partial charge is 0.481 e. The second kappa shape index (κ2) is 7.92. The van der Waals surface area contributed by atoms with E-state index >= 15 is 0 Å². The number of carboxylic acids is 1. The highest BCUT2D eigenvalue weighted by Crippen LogP contribution is 2.36. The number of carboxylic acid groups (broad SMARTS) is 1. The highest BCUT2D eigenvalue weighted by atomic mass is 16.5. The number of aromatic nitrogens is 2. The molecule has 0 aliphatic rings. The van der Waals surface area contributed by atoms with Crippen LogP contribution in [0.25, 0.3) is 11.0 Å². The number of nitrogens with two attached hydrogens (primary N) is 1. The van der Waals surface area contributed by atoms with Crippen molar-refractivity contribution in [2.24, 2.45) is 5.41 Å². The highest BCUT2D eigenvalue weighted by Gasteiger charge is 2.24. The van der Waals surface area contributed by atoms with Crippen LogP contribution in [0.2, 0.25) is 0 Å². The van der Waals surface area contributed by atoms with E-state index in [0.717, 1.165) is 23.2 Å². The zero-order chi connectivity index (χ0) is 20.3. The van der Waals surface area contributed by atoms with Crippen LogP contribution in [0.4, 0.5) is 5.95 Å². The van der Waals surface area contributed by atoms with E-state index < -0.39 is 5.97 Å². The number of ether oxygens (including phenoxy) is 1. The zero-order valence-corrected chi connectivity index (χ0v) is 16.6. The Hall–Kier alpha value is -3.02. The number of hydrogen-bond donors (Lipinski definition) is 2. The predicted molar refractivity (Wildman–Crippen MR) is 111 cm³/mol. The topological polar surface area (TPSA) is 90.4 Å².